The van der Waals surface area contributed by atoms with Crippen molar-refractivity contribution in [3.8, 4) is 11.6 Å². The molecule has 8 nitrogen and oxygen atoms in total. The quantitative estimate of drug-likeness (QED) is 0.328. The fraction of sp³-hybridized carbons (Fsp3) is 0.450. The van der Waals surface area contributed by atoms with Gasteiger partial charge in [-0.05, 0) is 45.2 Å². The van der Waals surface area contributed by atoms with Gasteiger partial charge in [-0.1, -0.05) is 24.6 Å². The molecule has 0 spiro atoms. The van der Waals surface area contributed by atoms with Crippen LogP contribution in [0.5, 0.6) is 5.88 Å². The predicted octanol–water partition coefficient (Wildman–Crippen LogP) is 2.39. The Bertz CT molecular complexity index is 832. The summed E-state index contributed by atoms with van der Waals surface area (Å²) in [7, 11) is 0. The average molecular weight is 388 g/mol. The molecule has 8 heteroatoms. The number of hydroxylamine groups is 1. The van der Waals surface area contributed by atoms with Gasteiger partial charge in [-0.25, -0.2) is 10.0 Å². The maximum Gasteiger partial charge on any atom is 0.266 e. The highest BCUT2D eigenvalue weighted by atomic mass is 16.5. The van der Waals surface area contributed by atoms with Crippen LogP contribution in [0.1, 0.15) is 45.1 Å². The van der Waals surface area contributed by atoms with Crippen LogP contribution in [0.3, 0.4) is 0 Å². The number of para-hydroxylation sites is 1. The third kappa shape index (κ3) is 5.10. The van der Waals surface area contributed by atoms with Crippen molar-refractivity contribution in [3.05, 3.63) is 46.2 Å². The molecular weight excluding hydrogens is 360 g/mol. The van der Waals surface area contributed by atoms with Crippen molar-refractivity contribution in [1.82, 2.24) is 15.0 Å². The highest BCUT2D eigenvalue weighted by Gasteiger charge is 2.20. The van der Waals surface area contributed by atoms with E-state index in [0.29, 0.717) is 50.4 Å². The number of aromatic hydroxyl groups is 1. The molecule has 152 valence electrons. The van der Waals surface area contributed by atoms with Crippen LogP contribution in [-0.4, -0.2) is 38.9 Å². The van der Waals surface area contributed by atoms with E-state index in [1.54, 1.807) is 10.0 Å². The molecule has 1 amide bonds. The number of unbranched alkanes of at least 4 members (excludes halogenated alkanes) is 2. The molecule has 1 heterocycles. The van der Waals surface area contributed by atoms with E-state index in [2.05, 4.69) is 4.98 Å². The molecule has 0 saturated heterocycles. The third-order valence-electron chi connectivity index (χ3n) is 4.65. The molecule has 0 radical (unpaired) electrons. The molecule has 2 rings (SSSR count). The summed E-state index contributed by atoms with van der Waals surface area (Å²) in [6.45, 7) is 5.25. The summed E-state index contributed by atoms with van der Waals surface area (Å²) in [6.07, 6.45) is 2.49. The maximum absolute atomic E-state index is 13.2. The zero-order valence-electron chi connectivity index (χ0n) is 16.4. The molecule has 1 aromatic carbocycles. The lowest BCUT2D eigenvalue weighted by atomic mass is 10.1. The lowest BCUT2D eigenvalue weighted by molar-refractivity contribution is -0.129. The number of benzene rings is 1. The maximum atomic E-state index is 13.2. The van der Waals surface area contributed by atoms with Crippen LogP contribution >= 0.6 is 0 Å². The minimum atomic E-state index is -0.431. The van der Waals surface area contributed by atoms with Crippen LogP contribution in [0.25, 0.3) is 5.69 Å². The molecule has 0 unspecified atom stereocenters. The van der Waals surface area contributed by atoms with Crippen LogP contribution in [0.4, 0.5) is 5.95 Å². The first-order chi connectivity index (χ1) is 13.5. The fourth-order valence-corrected chi connectivity index (χ4v) is 3.10. The van der Waals surface area contributed by atoms with Gasteiger partial charge in [0.15, 0.2) is 0 Å². The number of rotatable bonds is 10. The zero-order valence-corrected chi connectivity index (χ0v) is 16.4. The van der Waals surface area contributed by atoms with Gasteiger partial charge in [0.2, 0.25) is 17.7 Å². The van der Waals surface area contributed by atoms with Gasteiger partial charge in [0.1, 0.15) is 0 Å². The number of amides is 1. The minimum absolute atomic E-state index is 0.218. The van der Waals surface area contributed by atoms with Crippen LogP contribution in [0.15, 0.2) is 35.1 Å². The summed E-state index contributed by atoms with van der Waals surface area (Å²) >= 11 is 0. The Morgan fingerprint density at radius 1 is 1.14 bits per heavy atom. The molecule has 0 aliphatic heterocycles. The lowest BCUT2D eigenvalue weighted by Crippen LogP contribution is -2.33. The Balaban J connectivity index is 2.32. The van der Waals surface area contributed by atoms with Gasteiger partial charge in [-0.3, -0.25) is 14.8 Å². The zero-order chi connectivity index (χ0) is 20.5. The number of aromatic nitrogens is 2. The number of hydrogen-bond donors (Lipinski definition) is 3. The van der Waals surface area contributed by atoms with Crippen molar-refractivity contribution in [2.75, 3.05) is 18.0 Å². The highest BCUT2D eigenvalue weighted by Crippen LogP contribution is 2.22. The smallest absolute Gasteiger partial charge is 0.266 e. The molecule has 0 atom stereocenters. The van der Waals surface area contributed by atoms with E-state index in [1.165, 1.54) is 0 Å². The van der Waals surface area contributed by atoms with E-state index < -0.39 is 5.91 Å². The topological polar surface area (TPSA) is 108 Å². The van der Waals surface area contributed by atoms with Crippen molar-refractivity contribution in [2.45, 2.75) is 46.0 Å². The van der Waals surface area contributed by atoms with Gasteiger partial charge in [-0.2, -0.15) is 4.98 Å². The molecule has 2 aromatic rings. The van der Waals surface area contributed by atoms with E-state index in [0.717, 1.165) is 0 Å². The first-order valence-corrected chi connectivity index (χ1v) is 9.61. The molecular formula is C20H28N4O4. The van der Waals surface area contributed by atoms with Gasteiger partial charge < -0.3 is 10.0 Å². The van der Waals surface area contributed by atoms with E-state index in [4.69, 9.17) is 5.21 Å². The molecule has 3 N–H and O–H groups in total. The number of carbonyl (C=O) groups excluding carboxylic acids is 1. The Morgan fingerprint density at radius 3 is 2.43 bits per heavy atom. The number of nitrogens with zero attached hydrogens (tertiary/aromatic N) is 3. The van der Waals surface area contributed by atoms with Gasteiger partial charge in [-0.15, -0.1) is 0 Å². The first-order valence-electron chi connectivity index (χ1n) is 9.61. The predicted molar refractivity (Wildman–Crippen MR) is 107 cm³/mol. The standard InChI is InChI=1S/C20H28N4O4/c1-3-23(4-2)20-21-18(26)16(13-9-6-10-14-17(25)22-28)19(27)24(20)15-11-7-5-8-12-15/h5,7-8,11-12,26,28H,3-4,6,9-10,13-14H2,1-2H3,(H,22,25). The highest BCUT2D eigenvalue weighted by molar-refractivity contribution is 5.74. The van der Waals surface area contributed by atoms with Crippen LogP contribution in [0.2, 0.25) is 0 Å². The number of carbonyl (C=O) groups is 1. The summed E-state index contributed by atoms with van der Waals surface area (Å²) in [5.41, 5.74) is 2.28. The number of hydrogen-bond acceptors (Lipinski definition) is 6. The largest absolute Gasteiger partial charge is 0.493 e. The van der Waals surface area contributed by atoms with E-state index in [1.807, 2.05) is 49.1 Å². The third-order valence-corrected chi connectivity index (χ3v) is 4.65. The van der Waals surface area contributed by atoms with Crippen molar-refractivity contribution in [1.29, 1.82) is 0 Å². The molecule has 0 fully saturated rings. The summed E-state index contributed by atoms with van der Waals surface area (Å²) in [5.74, 6) is -0.256. The van der Waals surface area contributed by atoms with E-state index in [-0.39, 0.29) is 23.4 Å². The molecule has 0 saturated carbocycles. The Kier molecular flexibility index (Phi) is 8.01. The number of anilines is 1. The Labute approximate surface area is 164 Å². The van der Waals surface area contributed by atoms with Crippen LogP contribution in [0, 0.1) is 0 Å². The molecule has 0 aliphatic rings. The fourth-order valence-electron chi connectivity index (χ4n) is 3.10. The van der Waals surface area contributed by atoms with Crippen molar-refractivity contribution < 1.29 is 15.1 Å². The van der Waals surface area contributed by atoms with Gasteiger partial charge >= 0.3 is 0 Å². The van der Waals surface area contributed by atoms with E-state index >= 15 is 0 Å². The van der Waals surface area contributed by atoms with E-state index in [9.17, 15) is 14.7 Å². The van der Waals surface area contributed by atoms with Crippen molar-refractivity contribution in [2.24, 2.45) is 0 Å². The second-order valence-electron chi connectivity index (χ2n) is 6.46. The SMILES string of the molecule is CCN(CC)c1nc(O)c(CCCCCC(=O)NO)c(=O)n1-c1ccccc1. The van der Waals surface area contributed by atoms with Crippen LogP contribution in [-0.2, 0) is 11.2 Å². The molecule has 0 bridgehead atoms. The Morgan fingerprint density at radius 2 is 1.82 bits per heavy atom. The average Bonchev–Trinajstić information content (AvgIpc) is 2.71. The second kappa shape index (κ2) is 10.5. The summed E-state index contributed by atoms with van der Waals surface area (Å²) in [5, 5.41) is 18.9. The van der Waals surface area contributed by atoms with Crippen LogP contribution < -0.4 is 15.9 Å². The van der Waals surface area contributed by atoms with Gasteiger partial charge in [0, 0.05) is 19.5 Å². The van der Waals surface area contributed by atoms with Crippen molar-refractivity contribution >= 4 is 11.9 Å². The monoisotopic (exact) mass is 388 g/mol. The number of nitrogens with one attached hydrogen (secondary N) is 1. The normalized spacial score (nSPS) is 10.7. The van der Waals surface area contributed by atoms with Gasteiger partial charge in [0.05, 0.1) is 11.3 Å². The van der Waals surface area contributed by atoms with Crippen molar-refractivity contribution in [3.63, 3.8) is 0 Å². The molecule has 28 heavy (non-hydrogen) atoms. The second-order valence-corrected chi connectivity index (χ2v) is 6.46. The minimum Gasteiger partial charge on any atom is -0.493 e. The Hall–Kier alpha value is -2.87. The summed E-state index contributed by atoms with van der Waals surface area (Å²) in [4.78, 5) is 30.5. The lowest BCUT2D eigenvalue weighted by Gasteiger charge is -2.24. The summed E-state index contributed by atoms with van der Waals surface area (Å²) in [6, 6.07) is 9.26. The summed E-state index contributed by atoms with van der Waals surface area (Å²) < 4.78 is 1.54. The first kappa shape index (κ1) is 21.4. The molecule has 0 aliphatic carbocycles. The molecule has 1 aromatic heterocycles. The van der Waals surface area contributed by atoms with Gasteiger partial charge in [0.25, 0.3) is 5.56 Å².